The van der Waals surface area contributed by atoms with Gasteiger partial charge in [-0.3, -0.25) is 0 Å². The molecule has 0 saturated heterocycles. The van der Waals surface area contributed by atoms with E-state index in [4.69, 9.17) is 0 Å². The first-order valence-corrected chi connectivity index (χ1v) is 13.3. The van der Waals surface area contributed by atoms with E-state index < -0.39 is 33.0 Å². The minimum atomic E-state index is -3.69. The van der Waals surface area contributed by atoms with Crippen LogP contribution in [0, 0.1) is 17.0 Å². The van der Waals surface area contributed by atoms with E-state index >= 15 is 0 Å². The summed E-state index contributed by atoms with van der Waals surface area (Å²) in [5.74, 6) is -1.55. The number of hydrogen-bond donors (Lipinski definition) is 1. The van der Waals surface area contributed by atoms with E-state index in [9.17, 15) is 22.3 Å². The predicted molar refractivity (Wildman–Crippen MR) is 127 cm³/mol. The van der Waals surface area contributed by atoms with Crippen molar-refractivity contribution >= 4 is 9.84 Å². The quantitative estimate of drug-likeness (QED) is 0.534. The van der Waals surface area contributed by atoms with E-state index in [0.717, 1.165) is 12.0 Å². The number of aromatic nitrogens is 3. The van der Waals surface area contributed by atoms with Crippen molar-refractivity contribution in [2.24, 2.45) is 5.41 Å². The lowest BCUT2D eigenvalue weighted by Gasteiger charge is -2.37. The fourth-order valence-electron chi connectivity index (χ4n) is 6.01. The van der Waals surface area contributed by atoms with Gasteiger partial charge < -0.3 is 5.11 Å². The number of rotatable bonds is 6. The van der Waals surface area contributed by atoms with Crippen LogP contribution in [0.1, 0.15) is 62.9 Å². The summed E-state index contributed by atoms with van der Waals surface area (Å²) in [5, 5.41) is 18.2. The van der Waals surface area contributed by atoms with Crippen molar-refractivity contribution in [2.45, 2.75) is 62.5 Å². The number of halogens is 2. The Kier molecular flexibility index (Phi) is 5.56. The maximum atomic E-state index is 14.4. The summed E-state index contributed by atoms with van der Waals surface area (Å²) in [4.78, 5) is 4.62. The van der Waals surface area contributed by atoms with Crippen LogP contribution in [0.3, 0.4) is 0 Å². The van der Waals surface area contributed by atoms with Crippen LogP contribution in [0.25, 0.3) is 11.3 Å². The van der Waals surface area contributed by atoms with Crippen LogP contribution in [0.5, 0.6) is 0 Å². The SMILES string of the molecule is C[C@@H](O)CCS(=O)(=O)c1cccc([C@@]23CC[C@@H](c4cc(-c5c(F)cccc5F)nnc42)C3(C)C)n1. The van der Waals surface area contributed by atoms with Crippen molar-refractivity contribution < 1.29 is 22.3 Å². The number of hydrogen-bond acceptors (Lipinski definition) is 6. The molecule has 2 bridgehead atoms. The Balaban J connectivity index is 1.63. The van der Waals surface area contributed by atoms with Gasteiger partial charge in [0, 0.05) is 0 Å². The summed E-state index contributed by atoms with van der Waals surface area (Å²) < 4.78 is 54.7. The van der Waals surface area contributed by atoms with Gasteiger partial charge in [0.15, 0.2) is 14.9 Å². The molecule has 1 saturated carbocycles. The number of nitrogens with zero attached hydrogens (tertiary/aromatic N) is 3. The second-order valence-electron chi connectivity index (χ2n) is 10.2. The second-order valence-corrected chi connectivity index (χ2v) is 12.2. The standard InChI is InChI=1S/C26H27F2N3O3S/c1-15(32)11-13-35(33,34)22-9-5-8-21(29-22)26-12-10-17(25(26,2)3)16-14-20(30-31-24(16)26)23-18(27)6-4-7-19(23)28/h4-9,14-15,17,32H,10-13H2,1-3H3/t15-,17+,26+/m1/s1. The highest BCUT2D eigenvalue weighted by molar-refractivity contribution is 7.91. The maximum Gasteiger partial charge on any atom is 0.195 e. The number of benzene rings is 1. The Labute approximate surface area is 203 Å². The molecule has 0 aliphatic heterocycles. The third-order valence-corrected chi connectivity index (χ3v) is 9.52. The molecule has 3 aromatic rings. The van der Waals surface area contributed by atoms with Crippen LogP contribution in [0.4, 0.5) is 8.78 Å². The summed E-state index contributed by atoms with van der Waals surface area (Å²) in [7, 11) is -3.69. The minimum absolute atomic E-state index is 0.0317. The van der Waals surface area contributed by atoms with Crippen LogP contribution in [-0.2, 0) is 15.3 Å². The number of pyridine rings is 1. The Bertz CT molecular complexity index is 1400. The van der Waals surface area contributed by atoms with Gasteiger partial charge in [-0.2, -0.15) is 5.10 Å². The smallest absolute Gasteiger partial charge is 0.195 e. The number of sulfone groups is 1. The van der Waals surface area contributed by atoms with Gasteiger partial charge in [0.25, 0.3) is 0 Å². The van der Waals surface area contributed by atoms with Crippen molar-refractivity contribution in [1.29, 1.82) is 0 Å². The first kappa shape index (κ1) is 23.9. The van der Waals surface area contributed by atoms with Gasteiger partial charge in [-0.05, 0) is 73.4 Å². The Morgan fingerprint density at radius 1 is 1.11 bits per heavy atom. The summed E-state index contributed by atoms with van der Waals surface area (Å²) in [6.45, 7) is 5.76. The van der Waals surface area contributed by atoms with E-state index in [1.807, 2.05) is 6.07 Å². The zero-order valence-electron chi connectivity index (χ0n) is 19.8. The van der Waals surface area contributed by atoms with Gasteiger partial charge in [0.1, 0.15) is 11.6 Å². The van der Waals surface area contributed by atoms with Crippen molar-refractivity contribution in [1.82, 2.24) is 15.2 Å². The first-order valence-electron chi connectivity index (χ1n) is 11.7. The fourth-order valence-corrected chi connectivity index (χ4v) is 7.40. The molecule has 1 aromatic carbocycles. The predicted octanol–water partition coefficient (Wildman–Crippen LogP) is 4.56. The molecule has 5 rings (SSSR count). The molecule has 0 unspecified atom stereocenters. The highest BCUT2D eigenvalue weighted by Gasteiger charge is 2.65. The van der Waals surface area contributed by atoms with Crippen molar-refractivity contribution in [2.75, 3.05) is 5.75 Å². The Hall–Kier alpha value is -2.78. The molecule has 0 spiro atoms. The molecule has 6 nitrogen and oxygen atoms in total. The van der Waals surface area contributed by atoms with Crippen molar-refractivity contribution in [3.05, 3.63) is 71.1 Å². The maximum absolute atomic E-state index is 14.4. The number of fused-ring (bicyclic) bond motifs is 5. The zero-order chi connectivity index (χ0) is 25.2. The Morgan fingerprint density at radius 2 is 1.80 bits per heavy atom. The topological polar surface area (TPSA) is 93.0 Å². The molecule has 0 amide bonds. The highest BCUT2D eigenvalue weighted by atomic mass is 32.2. The average Bonchev–Trinajstić information content (AvgIpc) is 3.19. The van der Waals surface area contributed by atoms with Crippen molar-refractivity contribution in [3.8, 4) is 11.3 Å². The van der Waals surface area contributed by atoms with Crippen LogP contribution < -0.4 is 0 Å². The van der Waals surface area contributed by atoms with Gasteiger partial charge in [0.05, 0.1) is 39.9 Å². The number of aliphatic hydroxyl groups excluding tert-OH is 1. The normalized spacial score (nSPS) is 23.3. The van der Waals surface area contributed by atoms with Gasteiger partial charge in [-0.1, -0.05) is 26.0 Å². The lowest BCUT2D eigenvalue weighted by molar-refractivity contribution is 0.191. The summed E-state index contributed by atoms with van der Waals surface area (Å²) in [6, 6.07) is 10.4. The zero-order valence-corrected chi connectivity index (χ0v) is 20.6. The monoisotopic (exact) mass is 499 g/mol. The molecule has 2 aromatic heterocycles. The minimum Gasteiger partial charge on any atom is -0.393 e. The van der Waals surface area contributed by atoms with Crippen LogP contribution in [-0.4, -0.2) is 40.6 Å². The molecular formula is C26H27F2N3O3S. The molecule has 3 atom stereocenters. The lowest BCUT2D eigenvalue weighted by atomic mass is 9.66. The summed E-state index contributed by atoms with van der Waals surface area (Å²) in [6.07, 6.45) is 0.915. The van der Waals surface area contributed by atoms with Crippen LogP contribution in [0.15, 0.2) is 47.5 Å². The lowest BCUT2D eigenvalue weighted by Crippen LogP contribution is -2.38. The molecule has 35 heavy (non-hydrogen) atoms. The molecule has 184 valence electrons. The highest BCUT2D eigenvalue weighted by Crippen LogP contribution is 2.69. The molecule has 0 radical (unpaired) electrons. The van der Waals surface area contributed by atoms with Gasteiger partial charge in [-0.15, -0.1) is 5.10 Å². The van der Waals surface area contributed by atoms with E-state index in [1.165, 1.54) is 24.3 Å². The van der Waals surface area contributed by atoms with E-state index in [2.05, 4.69) is 29.0 Å². The molecule has 2 heterocycles. The molecule has 9 heteroatoms. The van der Waals surface area contributed by atoms with Crippen LogP contribution in [0.2, 0.25) is 0 Å². The van der Waals surface area contributed by atoms with E-state index in [-0.39, 0.29) is 39.8 Å². The Morgan fingerprint density at radius 3 is 2.49 bits per heavy atom. The van der Waals surface area contributed by atoms with E-state index in [0.29, 0.717) is 17.8 Å². The third-order valence-electron chi connectivity index (χ3n) is 7.88. The van der Waals surface area contributed by atoms with Gasteiger partial charge in [0.2, 0.25) is 0 Å². The largest absolute Gasteiger partial charge is 0.393 e. The summed E-state index contributed by atoms with van der Waals surface area (Å²) >= 11 is 0. The third kappa shape index (κ3) is 3.50. The van der Waals surface area contributed by atoms with Gasteiger partial charge >= 0.3 is 0 Å². The van der Waals surface area contributed by atoms with Gasteiger partial charge in [-0.25, -0.2) is 22.2 Å². The van der Waals surface area contributed by atoms with Crippen molar-refractivity contribution in [3.63, 3.8) is 0 Å². The molecule has 1 fully saturated rings. The fraction of sp³-hybridized carbons (Fsp3) is 0.423. The first-order chi connectivity index (χ1) is 16.5. The molecule has 2 aliphatic carbocycles. The second kappa shape index (κ2) is 8.13. The average molecular weight is 500 g/mol. The summed E-state index contributed by atoms with van der Waals surface area (Å²) in [5.41, 5.74) is 1.04. The molecular weight excluding hydrogens is 472 g/mol. The van der Waals surface area contributed by atoms with E-state index in [1.54, 1.807) is 19.1 Å². The number of aliphatic hydroxyl groups is 1. The van der Waals surface area contributed by atoms with Crippen LogP contribution >= 0.6 is 0 Å². The molecule has 2 aliphatic rings. The molecule has 1 N–H and O–H groups in total.